The zero-order valence-electron chi connectivity index (χ0n) is 16.5. The van der Waals surface area contributed by atoms with Crippen LogP contribution in [0.4, 0.5) is 19.1 Å². The Kier molecular flexibility index (Phi) is 8.11. The van der Waals surface area contributed by atoms with Gasteiger partial charge in [0.15, 0.2) is 5.52 Å². The van der Waals surface area contributed by atoms with Gasteiger partial charge < -0.3 is 10.6 Å². The van der Waals surface area contributed by atoms with Gasteiger partial charge in [0.05, 0.1) is 12.2 Å². The number of aromatic amines is 1. The standard InChI is InChI=1S/C17H18ClIN6O.C2HF3O/c18-13-2-1-10(5-11(13)6-19)7-21-17-22-14-9-25(12-3-4-20-8-12)24-15(14)16(26)23-17;3-2(4,5)1-6/h1-2,5,9,12,20H,3-4,6-8H2,(H2,21,22,23,26);1H. The van der Waals surface area contributed by atoms with Crippen molar-refractivity contribution in [1.82, 2.24) is 25.1 Å². The van der Waals surface area contributed by atoms with Crippen molar-refractivity contribution >= 4 is 57.5 Å². The lowest BCUT2D eigenvalue weighted by molar-refractivity contribution is -0.156. The van der Waals surface area contributed by atoms with E-state index in [9.17, 15) is 18.0 Å². The summed E-state index contributed by atoms with van der Waals surface area (Å²) in [5.41, 5.74) is 2.92. The van der Waals surface area contributed by atoms with E-state index < -0.39 is 12.5 Å². The van der Waals surface area contributed by atoms with Crippen molar-refractivity contribution in [3.63, 3.8) is 0 Å². The molecule has 0 amide bonds. The van der Waals surface area contributed by atoms with Crippen LogP contribution in [0.5, 0.6) is 0 Å². The lowest BCUT2D eigenvalue weighted by atomic mass is 10.1. The highest BCUT2D eigenvalue weighted by molar-refractivity contribution is 14.1. The van der Waals surface area contributed by atoms with Crippen LogP contribution in [0, 0.1) is 0 Å². The Bertz CT molecular complexity index is 1140. The monoisotopic (exact) mass is 582 g/mol. The highest BCUT2D eigenvalue weighted by Crippen LogP contribution is 2.21. The topological polar surface area (TPSA) is 105 Å². The Labute approximate surface area is 199 Å². The Morgan fingerprint density at radius 1 is 1.38 bits per heavy atom. The molecule has 1 saturated heterocycles. The van der Waals surface area contributed by atoms with Gasteiger partial charge in [-0.25, -0.2) is 4.98 Å². The van der Waals surface area contributed by atoms with E-state index in [1.54, 1.807) is 0 Å². The summed E-state index contributed by atoms with van der Waals surface area (Å²) in [6.45, 7) is 2.39. The Morgan fingerprint density at radius 2 is 2.12 bits per heavy atom. The molecule has 1 aliphatic heterocycles. The Morgan fingerprint density at radius 3 is 2.75 bits per heavy atom. The van der Waals surface area contributed by atoms with E-state index in [1.165, 1.54) is 0 Å². The molecule has 0 aliphatic carbocycles. The van der Waals surface area contributed by atoms with Gasteiger partial charge in [0, 0.05) is 22.5 Å². The van der Waals surface area contributed by atoms with Gasteiger partial charge in [-0.05, 0) is 30.2 Å². The fourth-order valence-electron chi connectivity index (χ4n) is 3.10. The number of hydrogen-bond acceptors (Lipinski definition) is 6. The van der Waals surface area contributed by atoms with Gasteiger partial charge in [-0.15, -0.1) is 0 Å². The number of alkyl halides is 4. The largest absolute Gasteiger partial charge is 0.446 e. The minimum absolute atomic E-state index is 0.230. The molecule has 172 valence electrons. The van der Waals surface area contributed by atoms with Gasteiger partial charge in [-0.3, -0.25) is 19.3 Å². The van der Waals surface area contributed by atoms with E-state index in [4.69, 9.17) is 16.4 Å². The van der Waals surface area contributed by atoms with Gasteiger partial charge in [0.25, 0.3) is 5.56 Å². The number of benzene rings is 1. The van der Waals surface area contributed by atoms with Crippen LogP contribution in [-0.2, 0) is 15.8 Å². The number of aldehydes is 1. The van der Waals surface area contributed by atoms with Crippen LogP contribution < -0.4 is 16.2 Å². The summed E-state index contributed by atoms with van der Waals surface area (Å²) in [5.74, 6) is 0.442. The van der Waals surface area contributed by atoms with Gasteiger partial charge in [0.1, 0.15) is 5.52 Å². The maximum atomic E-state index is 12.3. The first-order chi connectivity index (χ1) is 15.2. The number of carbonyl (C=O) groups is 1. The van der Waals surface area contributed by atoms with Crippen molar-refractivity contribution in [3.8, 4) is 0 Å². The van der Waals surface area contributed by atoms with E-state index in [1.807, 2.05) is 23.0 Å². The number of anilines is 1. The van der Waals surface area contributed by atoms with E-state index in [0.29, 0.717) is 23.5 Å². The molecule has 3 heterocycles. The molecule has 3 N–H and O–H groups in total. The molecule has 2 aromatic heterocycles. The first-order valence-electron chi connectivity index (χ1n) is 9.50. The summed E-state index contributed by atoms with van der Waals surface area (Å²) >= 11 is 8.45. The summed E-state index contributed by atoms with van der Waals surface area (Å²) in [6.07, 6.45) is -2.84. The summed E-state index contributed by atoms with van der Waals surface area (Å²) in [5, 5.41) is 11.7. The van der Waals surface area contributed by atoms with Crippen LogP contribution in [0.15, 0.2) is 29.2 Å². The van der Waals surface area contributed by atoms with Crippen LogP contribution in [-0.4, -0.2) is 45.3 Å². The summed E-state index contributed by atoms with van der Waals surface area (Å²) < 4.78 is 33.9. The molecule has 1 atom stereocenters. The predicted molar refractivity (Wildman–Crippen MR) is 123 cm³/mol. The number of hydrogen-bond donors (Lipinski definition) is 3. The van der Waals surface area contributed by atoms with Crippen molar-refractivity contribution < 1.29 is 18.0 Å². The smallest absolute Gasteiger partial charge is 0.352 e. The first-order valence-corrected chi connectivity index (χ1v) is 11.4. The molecule has 1 unspecified atom stereocenters. The fourth-order valence-corrected chi connectivity index (χ4v) is 4.14. The third-order valence-corrected chi connectivity index (χ3v) is 5.84. The molecule has 4 rings (SSSR count). The number of nitrogens with zero attached hydrogens (tertiary/aromatic N) is 3. The van der Waals surface area contributed by atoms with Crippen molar-refractivity contribution in [2.24, 2.45) is 0 Å². The van der Waals surface area contributed by atoms with Crippen LogP contribution >= 0.6 is 34.2 Å². The molecule has 0 bridgehead atoms. The molecular weight excluding hydrogens is 564 g/mol. The second-order valence-corrected chi connectivity index (χ2v) is 8.15. The van der Waals surface area contributed by atoms with Crippen LogP contribution in [0.1, 0.15) is 23.6 Å². The maximum Gasteiger partial charge on any atom is 0.446 e. The number of carbonyl (C=O) groups excluding carboxylic acids is 1. The molecule has 8 nitrogen and oxygen atoms in total. The van der Waals surface area contributed by atoms with Crippen LogP contribution in [0.2, 0.25) is 5.02 Å². The SMILES string of the molecule is O=CC(F)(F)F.O=c1[nH]c(NCc2ccc(Cl)c(CI)c2)nc2cn(C3CCNC3)nc12. The highest BCUT2D eigenvalue weighted by Gasteiger charge is 2.25. The summed E-state index contributed by atoms with van der Waals surface area (Å²) in [6, 6.07) is 6.20. The second kappa shape index (κ2) is 10.6. The van der Waals surface area contributed by atoms with Crippen molar-refractivity contribution in [3.05, 3.63) is 50.9 Å². The maximum absolute atomic E-state index is 12.3. The number of rotatable bonds is 5. The zero-order valence-corrected chi connectivity index (χ0v) is 19.5. The molecule has 32 heavy (non-hydrogen) atoms. The van der Waals surface area contributed by atoms with Gasteiger partial charge in [-0.1, -0.05) is 46.3 Å². The van der Waals surface area contributed by atoms with E-state index in [0.717, 1.165) is 40.1 Å². The number of aromatic nitrogens is 4. The van der Waals surface area contributed by atoms with Crippen LogP contribution in [0.3, 0.4) is 0 Å². The van der Waals surface area contributed by atoms with E-state index in [2.05, 4.69) is 54.4 Å². The first kappa shape index (κ1) is 24.5. The predicted octanol–water partition coefficient (Wildman–Crippen LogP) is 3.60. The minimum Gasteiger partial charge on any atom is -0.352 e. The molecule has 13 heteroatoms. The van der Waals surface area contributed by atoms with Crippen LogP contribution in [0.25, 0.3) is 11.0 Å². The third kappa shape index (κ3) is 6.42. The van der Waals surface area contributed by atoms with E-state index >= 15 is 0 Å². The number of halogens is 5. The normalized spacial score (nSPS) is 16.0. The molecular formula is C19H19ClF3IN6O2. The lowest BCUT2D eigenvalue weighted by Gasteiger charge is -2.07. The Balaban J connectivity index is 0.000000427. The van der Waals surface area contributed by atoms with Crippen molar-refractivity contribution in [2.75, 3.05) is 18.4 Å². The van der Waals surface area contributed by atoms with E-state index in [-0.39, 0.29) is 11.6 Å². The molecule has 1 aliphatic rings. The molecule has 1 aromatic carbocycles. The fraction of sp³-hybridized carbons (Fsp3) is 0.368. The molecule has 3 aromatic rings. The van der Waals surface area contributed by atoms with Gasteiger partial charge in [0.2, 0.25) is 12.2 Å². The highest BCUT2D eigenvalue weighted by atomic mass is 127. The molecule has 0 radical (unpaired) electrons. The lowest BCUT2D eigenvalue weighted by Crippen LogP contribution is -2.15. The number of fused-ring (bicyclic) bond motifs is 1. The van der Waals surface area contributed by atoms with Gasteiger partial charge >= 0.3 is 6.18 Å². The van der Waals surface area contributed by atoms with Crippen molar-refractivity contribution in [1.29, 1.82) is 0 Å². The zero-order chi connectivity index (χ0) is 23.3. The van der Waals surface area contributed by atoms with Crippen molar-refractivity contribution in [2.45, 2.75) is 29.6 Å². The summed E-state index contributed by atoms with van der Waals surface area (Å²) in [7, 11) is 0. The average Bonchev–Trinajstić information content (AvgIpc) is 3.43. The second-order valence-electron chi connectivity index (χ2n) is 6.98. The molecule has 0 saturated carbocycles. The average molecular weight is 583 g/mol. The molecule has 1 fully saturated rings. The minimum atomic E-state index is -4.64. The number of nitrogens with one attached hydrogen (secondary N) is 3. The quantitative estimate of drug-likeness (QED) is 0.241. The number of H-pyrrole nitrogens is 1. The summed E-state index contributed by atoms with van der Waals surface area (Å²) in [4.78, 5) is 28.3. The Hall–Kier alpha value is -2.19. The molecule has 0 spiro atoms. The third-order valence-electron chi connectivity index (χ3n) is 4.65. The van der Waals surface area contributed by atoms with Gasteiger partial charge in [-0.2, -0.15) is 18.3 Å².